The number of carbonyl (C=O) groups is 2. The van der Waals surface area contributed by atoms with Crippen molar-refractivity contribution >= 4 is 30.3 Å². The predicted octanol–water partition coefficient (Wildman–Crippen LogP) is 3.26. The molecule has 3 N–H and O–H groups in total. The van der Waals surface area contributed by atoms with E-state index in [2.05, 4.69) is 5.32 Å². The van der Waals surface area contributed by atoms with Crippen LogP contribution >= 0.6 is 0 Å². The summed E-state index contributed by atoms with van der Waals surface area (Å²) in [5.41, 5.74) is 2.21. The summed E-state index contributed by atoms with van der Waals surface area (Å²) in [7, 11) is 1.63. The fourth-order valence-electron chi connectivity index (χ4n) is 3.45. The van der Waals surface area contributed by atoms with Gasteiger partial charge < -0.3 is 29.7 Å². The van der Waals surface area contributed by atoms with Crippen LogP contribution in [0.25, 0.3) is 0 Å². The second kappa shape index (κ2) is 11.9. The van der Waals surface area contributed by atoms with E-state index in [0.717, 1.165) is 11.1 Å². The molecule has 0 bridgehead atoms. The number of carbonyl (C=O) groups excluding carboxylic acids is 2. The summed E-state index contributed by atoms with van der Waals surface area (Å²) in [6.45, 7) is 7.81. The number of ether oxygens (including phenoxy) is 2. The Bertz CT molecular complexity index is 990. The van der Waals surface area contributed by atoms with Gasteiger partial charge >= 0.3 is 13.2 Å². The normalized spacial score (nSPS) is 12.0. The second-order valence-electron chi connectivity index (χ2n) is 9.40. The van der Waals surface area contributed by atoms with Crippen molar-refractivity contribution in [3.63, 3.8) is 0 Å². The maximum absolute atomic E-state index is 12.6. The predicted molar refractivity (Wildman–Crippen MR) is 133 cm³/mol. The lowest BCUT2D eigenvalue weighted by atomic mass is 9.79. The maximum Gasteiger partial charge on any atom is 0.488 e. The molecule has 1 atom stereocenters. The topological polar surface area (TPSA) is 108 Å². The molecular formula is C25H35BN2O6. The molecule has 0 spiro atoms. The highest BCUT2D eigenvalue weighted by Gasteiger charge is 2.20. The lowest BCUT2D eigenvalue weighted by Crippen LogP contribution is -2.33. The number of nitrogens with zero attached hydrogens (tertiary/aromatic N) is 1. The van der Waals surface area contributed by atoms with E-state index >= 15 is 0 Å². The van der Waals surface area contributed by atoms with Gasteiger partial charge in [-0.1, -0.05) is 31.2 Å². The minimum atomic E-state index is -1.57. The summed E-state index contributed by atoms with van der Waals surface area (Å²) in [6, 6.07) is 12.4. The third-order valence-corrected chi connectivity index (χ3v) is 5.23. The molecule has 0 heterocycles. The number of anilines is 1. The number of benzene rings is 2. The summed E-state index contributed by atoms with van der Waals surface area (Å²) in [5, 5.41) is 21.6. The molecule has 34 heavy (non-hydrogen) atoms. The number of nitrogens with one attached hydrogen (secondary N) is 1. The second-order valence-corrected chi connectivity index (χ2v) is 9.40. The van der Waals surface area contributed by atoms with E-state index < -0.39 is 18.8 Å². The van der Waals surface area contributed by atoms with Gasteiger partial charge in [-0.15, -0.1) is 0 Å². The molecule has 0 saturated heterocycles. The molecule has 0 unspecified atom stereocenters. The molecule has 0 saturated carbocycles. The first kappa shape index (κ1) is 27.2. The van der Waals surface area contributed by atoms with Crippen LogP contribution in [0.15, 0.2) is 42.5 Å². The highest BCUT2D eigenvalue weighted by molar-refractivity contribution is 6.58. The molecule has 0 fully saturated rings. The summed E-state index contributed by atoms with van der Waals surface area (Å²) in [5.74, 6) is 0.463. The van der Waals surface area contributed by atoms with E-state index in [1.807, 2.05) is 45.9 Å². The van der Waals surface area contributed by atoms with Gasteiger partial charge in [-0.2, -0.15) is 0 Å². The third-order valence-electron chi connectivity index (χ3n) is 5.23. The van der Waals surface area contributed by atoms with E-state index in [0.29, 0.717) is 36.3 Å². The van der Waals surface area contributed by atoms with Crippen molar-refractivity contribution in [3.8, 4) is 5.75 Å². The Labute approximate surface area is 202 Å². The van der Waals surface area contributed by atoms with Crippen molar-refractivity contribution in [2.75, 3.05) is 19.5 Å². The van der Waals surface area contributed by atoms with Crippen molar-refractivity contribution in [1.82, 2.24) is 4.90 Å². The lowest BCUT2D eigenvalue weighted by molar-refractivity contribution is -0.116. The minimum Gasteiger partial charge on any atom is -0.496 e. The van der Waals surface area contributed by atoms with Crippen LogP contribution in [0.3, 0.4) is 0 Å². The Morgan fingerprint density at radius 2 is 1.85 bits per heavy atom. The standard InChI is InChI=1S/C25H35BN2O6/c1-17(21-12-11-19(26(31)32)15-22(21)33-6)10-13-23(29)27-20-9-7-8-18(14-20)16-28(5)24(30)34-25(2,3)4/h7-9,11-12,14-15,17,31-32H,10,13,16H2,1-6H3,(H,27,29)/t17-/m0/s1. The maximum atomic E-state index is 12.6. The summed E-state index contributed by atoms with van der Waals surface area (Å²) in [6.07, 6.45) is 0.481. The average molecular weight is 470 g/mol. The zero-order chi connectivity index (χ0) is 25.5. The largest absolute Gasteiger partial charge is 0.496 e. The quantitative estimate of drug-likeness (QED) is 0.486. The first-order valence-corrected chi connectivity index (χ1v) is 11.3. The molecule has 0 radical (unpaired) electrons. The van der Waals surface area contributed by atoms with Gasteiger partial charge in [0.05, 0.1) is 7.11 Å². The molecule has 2 aromatic carbocycles. The Balaban J connectivity index is 1.94. The van der Waals surface area contributed by atoms with Crippen molar-refractivity contribution in [2.24, 2.45) is 0 Å². The smallest absolute Gasteiger partial charge is 0.488 e. The van der Waals surface area contributed by atoms with Crippen molar-refractivity contribution in [3.05, 3.63) is 53.6 Å². The summed E-state index contributed by atoms with van der Waals surface area (Å²) >= 11 is 0. The van der Waals surface area contributed by atoms with Crippen LogP contribution in [0, 0.1) is 0 Å². The van der Waals surface area contributed by atoms with Gasteiger partial charge in [0, 0.05) is 25.7 Å². The molecule has 0 aliphatic carbocycles. The van der Waals surface area contributed by atoms with Gasteiger partial charge in [-0.3, -0.25) is 4.79 Å². The van der Waals surface area contributed by atoms with Crippen LogP contribution in [0.5, 0.6) is 5.75 Å². The zero-order valence-electron chi connectivity index (χ0n) is 20.8. The molecule has 2 aromatic rings. The monoisotopic (exact) mass is 470 g/mol. The van der Waals surface area contributed by atoms with Crippen LogP contribution in [0.4, 0.5) is 10.5 Å². The van der Waals surface area contributed by atoms with Gasteiger partial charge in [0.2, 0.25) is 5.91 Å². The highest BCUT2D eigenvalue weighted by Crippen LogP contribution is 2.29. The number of hydrogen-bond donors (Lipinski definition) is 3. The van der Waals surface area contributed by atoms with Gasteiger partial charge in [-0.25, -0.2) is 4.79 Å². The molecule has 0 aliphatic rings. The van der Waals surface area contributed by atoms with Crippen molar-refractivity contribution in [1.29, 1.82) is 0 Å². The molecule has 9 heteroatoms. The SMILES string of the molecule is COc1cc(B(O)O)ccc1[C@@H](C)CCC(=O)Nc1cccc(CN(C)C(=O)OC(C)(C)C)c1. The van der Waals surface area contributed by atoms with Gasteiger partial charge in [0.1, 0.15) is 11.4 Å². The van der Waals surface area contributed by atoms with Crippen LogP contribution in [0.1, 0.15) is 57.6 Å². The minimum absolute atomic E-state index is 0.0272. The average Bonchev–Trinajstić information content (AvgIpc) is 2.76. The van der Waals surface area contributed by atoms with Gasteiger partial charge in [0.15, 0.2) is 0 Å². The van der Waals surface area contributed by atoms with E-state index in [9.17, 15) is 19.6 Å². The fraction of sp³-hybridized carbons (Fsp3) is 0.440. The van der Waals surface area contributed by atoms with Crippen molar-refractivity contribution in [2.45, 2.75) is 58.6 Å². The number of methoxy groups -OCH3 is 1. The van der Waals surface area contributed by atoms with E-state index in [4.69, 9.17) is 9.47 Å². The highest BCUT2D eigenvalue weighted by atomic mass is 16.6. The Hall–Kier alpha value is -3.04. The van der Waals surface area contributed by atoms with E-state index in [-0.39, 0.29) is 11.8 Å². The molecule has 0 aliphatic heterocycles. The number of amides is 2. The molecule has 8 nitrogen and oxygen atoms in total. The lowest BCUT2D eigenvalue weighted by Gasteiger charge is -2.24. The molecular weight excluding hydrogens is 435 g/mol. The fourth-order valence-corrected chi connectivity index (χ4v) is 3.45. The molecule has 184 valence electrons. The first-order valence-electron chi connectivity index (χ1n) is 11.3. The zero-order valence-corrected chi connectivity index (χ0v) is 20.8. The van der Waals surface area contributed by atoms with Crippen LogP contribution in [-0.4, -0.2) is 53.8 Å². The van der Waals surface area contributed by atoms with E-state index in [1.165, 1.54) is 12.0 Å². The Kier molecular flexibility index (Phi) is 9.52. The molecule has 0 aromatic heterocycles. The third kappa shape index (κ3) is 8.39. The van der Waals surface area contributed by atoms with Crippen LogP contribution in [-0.2, 0) is 16.1 Å². The number of hydrogen-bond acceptors (Lipinski definition) is 6. The molecule has 2 rings (SSSR count). The van der Waals surface area contributed by atoms with Crippen LogP contribution in [0.2, 0.25) is 0 Å². The Morgan fingerprint density at radius 1 is 1.15 bits per heavy atom. The van der Waals surface area contributed by atoms with E-state index in [1.54, 1.807) is 31.3 Å². The first-order chi connectivity index (χ1) is 15.9. The Morgan fingerprint density at radius 3 is 2.47 bits per heavy atom. The van der Waals surface area contributed by atoms with Crippen LogP contribution < -0.4 is 15.5 Å². The summed E-state index contributed by atoms with van der Waals surface area (Å²) < 4.78 is 10.8. The van der Waals surface area contributed by atoms with Crippen molar-refractivity contribution < 1.29 is 29.1 Å². The van der Waals surface area contributed by atoms with Gasteiger partial charge in [-0.05, 0) is 67.9 Å². The number of rotatable bonds is 9. The molecule has 2 amide bonds. The van der Waals surface area contributed by atoms with Gasteiger partial charge in [0.25, 0.3) is 0 Å². The summed E-state index contributed by atoms with van der Waals surface area (Å²) in [4.78, 5) is 26.2.